The lowest BCUT2D eigenvalue weighted by atomic mass is 9.99. The van der Waals surface area contributed by atoms with Crippen LogP contribution in [0.25, 0.3) is 10.9 Å². The zero-order valence-electron chi connectivity index (χ0n) is 12.1. The number of para-hydroxylation sites is 1. The molecule has 2 heterocycles. The van der Waals surface area contributed by atoms with Crippen molar-refractivity contribution in [2.24, 2.45) is 11.8 Å². The van der Waals surface area contributed by atoms with E-state index in [1.165, 1.54) is 11.0 Å². The van der Waals surface area contributed by atoms with E-state index in [0.717, 1.165) is 0 Å². The van der Waals surface area contributed by atoms with Crippen molar-refractivity contribution in [3.8, 4) is 0 Å². The lowest BCUT2D eigenvalue weighted by molar-refractivity contribution is -0.142. The number of carboxylic acids is 1. The monoisotopic (exact) mass is 300 g/mol. The minimum Gasteiger partial charge on any atom is -0.481 e. The minimum absolute atomic E-state index is 0.102. The number of nitrogens with zero attached hydrogens (tertiary/aromatic N) is 1. The summed E-state index contributed by atoms with van der Waals surface area (Å²) in [7, 11) is 0. The van der Waals surface area contributed by atoms with E-state index in [-0.39, 0.29) is 23.9 Å². The van der Waals surface area contributed by atoms with Crippen LogP contribution < -0.4 is 5.56 Å². The van der Waals surface area contributed by atoms with Gasteiger partial charge in [0.1, 0.15) is 0 Å². The van der Waals surface area contributed by atoms with Crippen LogP contribution in [0.4, 0.5) is 0 Å². The molecule has 1 aliphatic heterocycles. The van der Waals surface area contributed by atoms with Crippen molar-refractivity contribution >= 4 is 22.8 Å². The number of aliphatic carboxylic acids is 1. The molecular formula is C16H16N2O4. The molecule has 22 heavy (non-hydrogen) atoms. The number of aromatic nitrogens is 1. The molecule has 1 aromatic heterocycles. The number of pyridine rings is 1. The number of hydrogen-bond donors (Lipinski definition) is 2. The lowest BCUT2D eigenvalue weighted by Crippen LogP contribution is -2.31. The molecule has 1 amide bonds. The Bertz CT molecular complexity index is 811. The molecule has 0 radical (unpaired) electrons. The normalized spacial score (nSPS) is 21.2. The number of amides is 1. The van der Waals surface area contributed by atoms with Gasteiger partial charge < -0.3 is 15.0 Å². The van der Waals surface area contributed by atoms with Gasteiger partial charge >= 0.3 is 5.97 Å². The second-order valence-corrected chi connectivity index (χ2v) is 5.72. The predicted octanol–water partition coefficient (Wildman–Crippen LogP) is 1.32. The molecule has 0 spiro atoms. The zero-order chi connectivity index (χ0) is 15.9. The van der Waals surface area contributed by atoms with Gasteiger partial charge in [-0.3, -0.25) is 14.4 Å². The van der Waals surface area contributed by atoms with Crippen LogP contribution in [-0.2, 0) is 4.79 Å². The molecule has 1 aliphatic rings. The van der Waals surface area contributed by atoms with E-state index in [0.29, 0.717) is 23.0 Å². The van der Waals surface area contributed by atoms with E-state index >= 15 is 0 Å². The van der Waals surface area contributed by atoms with Gasteiger partial charge in [-0.1, -0.05) is 25.1 Å². The fraction of sp³-hybridized carbons (Fsp3) is 0.312. The first-order chi connectivity index (χ1) is 10.5. The first kappa shape index (κ1) is 14.3. The van der Waals surface area contributed by atoms with E-state index in [4.69, 9.17) is 0 Å². The Labute approximate surface area is 126 Å². The molecule has 0 bridgehead atoms. The number of carbonyl (C=O) groups excluding carboxylic acids is 1. The van der Waals surface area contributed by atoms with Gasteiger partial charge in [-0.25, -0.2) is 0 Å². The second kappa shape index (κ2) is 5.29. The number of hydrogen-bond acceptors (Lipinski definition) is 3. The first-order valence-corrected chi connectivity index (χ1v) is 7.11. The molecule has 0 aliphatic carbocycles. The van der Waals surface area contributed by atoms with Gasteiger partial charge in [0.2, 0.25) is 5.56 Å². The van der Waals surface area contributed by atoms with Gasteiger partial charge in [-0.05, 0) is 12.0 Å². The standard InChI is InChI=1S/C16H16N2O4/c1-9-7-18(8-12(9)16(21)22)15(20)11-6-14(19)17-13-5-3-2-4-10(11)13/h2-6,9,12H,7-8H2,1H3,(H,17,19)(H,21,22)/t9-,12-/m1/s1. The van der Waals surface area contributed by atoms with Gasteiger partial charge in [0, 0.05) is 30.1 Å². The van der Waals surface area contributed by atoms with E-state index in [2.05, 4.69) is 4.98 Å². The first-order valence-electron chi connectivity index (χ1n) is 7.11. The van der Waals surface area contributed by atoms with Crippen LogP contribution in [-0.4, -0.2) is 40.0 Å². The molecule has 3 rings (SSSR count). The Hall–Kier alpha value is -2.63. The summed E-state index contributed by atoms with van der Waals surface area (Å²) in [5.74, 6) is -1.84. The molecule has 1 aromatic carbocycles. The molecule has 6 heteroatoms. The maximum Gasteiger partial charge on any atom is 0.308 e. The minimum atomic E-state index is -0.890. The van der Waals surface area contributed by atoms with Crippen molar-refractivity contribution in [1.29, 1.82) is 0 Å². The third-order valence-electron chi connectivity index (χ3n) is 4.20. The number of benzene rings is 1. The summed E-state index contributed by atoms with van der Waals surface area (Å²) in [5, 5.41) is 9.84. The van der Waals surface area contributed by atoms with Crippen LogP contribution in [0.3, 0.4) is 0 Å². The smallest absolute Gasteiger partial charge is 0.308 e. The lowest BCUT2D eigenvalue weighted by Gasteiger charge is -2.17. The van der Waals surface area contributed by atoms with Gasteiger partial charge in [-0.2, -0.15) is 0 Å². The fourth-order valence-electron chi connectivity index (χ4n) is 3.01. The van der Waals surface area contributed by atoms with Crippen molar-refractivity contribution in [3.63, 3.8) is 0 Å². The van der Waals surface area contributed by atoms with E-state index in [1.807, 2.05) is 6.92 Å². The van der Waals surface area contributed by atoms with Crippen LogP contribution in [0.15, 0.2) is 35.1 Å². The van der Waals surface area contributed by atoms with Crippen molar-refractivity contribution in [2.45, 2.75) is 6.92 Å². The van der Waals surface area contributed by atoms with E-state index < -0.39 is 11.9 Å². The van der Waals surface area contributed by atoms with Crippen LogP contribution in [0.2, 0.25) is 0 Å². The molecule has 2 aromatic rings. The maximum absolute atomic E-state index is 12.7. The highest BCUT2D eigenvalue weighted by molar-refractivity contribution is 6.06. The Balaban J connectivity index is 2.00. The third kappa shape index (κ3) is 2.36. The maximum atomic E-state index is 12.7. The molecule has 6 nitrogen and oxygen atoms in total. The van der Waals surface area contributed by atoms with Crippen molar-refractivity contribution < 1.29 is 14.7 Å². The van der Waals surface area contributed by atoms with Gasteiger partial charge in [0.05, 0.1) is 11.5 Å². The summed E-state index contributed by atoms with van der Waals surface area (Å²) in [6.45, 7) is 2.38. The molecule has 1 saturated heterocycles. The Kier molecular flexibility index (Phi) is 3.44. The topological polar surface area (TPSA) is 90.5 Å². The summed E-state index contributed by atoms with van der Waals surface area (Å²) in [6.07, 6.45) is 0. The Morgan fingerprint density at radius 1 is 1.27 bits per heavy atom. The molecule has 0 saturated carbocycles. The summed E-state index contributed by atoms with van der Waals surface area (Å²) < 4.78 is 0. The van der Waals surface area contributed by atoms with Gasteiger partial charge in [-0.15, -0.1) is 0 Å². The molecule has 2 N–H and O–H groups in total. The number of carbonyl (C=O) groups is 2. The van der Waals surface area contributed by atoms with Gasteiger partial charge in [0.25, 0.3) is 5.91 Å². The average molecular weight is 300 g/mol. The van der Waals surface area contributed by atoms with E-state index in [1.54, 1.807) is 24.3 Å². The SMILES string of the molecule is C[C@@H]1CN(C(=O)c2cc(=O)[nH]c3ccccc23)C[C@H]1C(=O)O. The highest BCUT2D eigenvalue weighted by atomic mass is 16.4. The number of aromatic amines is 1. The van der Waals surface area contributed by atoms with Crippen LogP contribution >= 0.6 is 0 Å². The summed E-state index contributed by atoms with van der Waals surface area (Å²) in [5.41, 5.74) is 0.571. The van der Waals surface area contributed by atoms with Crippen LogP contribution in [0, 0.1) is 11.8 Å². The zero-order valence-corrected chi connectivity index (χ0v) is 12.1. The average Bonchev–Trinajstić information content (AvgIpc) is 2.87. The Morgan fingerprint density at radius 2 is 2.00 bits per heavy atom. The van der Waals surface area contributed by atoms with Crippen molar-refractivity contribution in [2.75, 3.05) is 13.1 Å². The predicted molar refractivity (Wildman–Crippen MR) is 80.8 cm³/mol. The third-order valence-corrected chi connectivity index (χ3v) is 4.20. The largest absolute Gasteiger partial charge is 0.481 e. The van der Waals surface area contributed by atoms with E-state index in [9.17, 15) is 19.5 Å². The fourth-order valence-corrected chi connectivity index (χ4v) is 3.01. The van der Waals surface area contributed by atoms with Crippen LogP contribution in [0.5, 0.6) is 0 Å². The van der Waals surface area contributed by atoms with Crippen molar-refractivity contribution in [3.05, 3.63) is 46.2 Å². The second-order valence-electron chi connectivity index (χ2n) is 5.72. The highest BCUT2D eigenvalue weighted by Crippen LogP contribution is 2.26. The number of likely N-dealkylation sites (tertiary alicyclic amines) is 1. The Morgan fingerprint density at radius 3 is 2.68 bits per heavy atom. The highest BCUT2D eigenvalue weighted by Gasteiger charge is 2.37. The van der Waals surface area contributed by atoms with Gasteiger partial charge in [0.15, 0.2) is 0 Å². The number of nitrogens with one attached hydrogen (secondary N) is 1. The molecule has 0 unspecified atom stereocenters. The molecular weight excluding hydrogens is 284 g/mol. The molecule has 1 fully saturated rings. The molecule has 114 valence electrons. The number of fused-ring (bicyclic) bond motifs is 1. The summed E-state index contributed by atoms with van der Waals surface area (Å²) in [6, 6.07) is 8.37. The van der Waals surface area contributed by atoms with Crippen molar-refractivity contribution in [1.82, 2.24) is 9.88 Å². The van der Waals surface area contributed by atoms with Crippen LogP contribution in [0.1, 0.15) is 17.3 Å². The number of carboxylic acid groups (broad SMARTS) is 1. The number of H-pyrrole nitrogens is 1. The molecule has 2 atom stereocenters. The quantitative estimate of drug-likeness (QED) is 0.875. The summed E-state index contributed by atoms with van der Waals surface area (Å²) >= 11 is 0. The number of rotatable bonds is 2. The summed E-state index contributed by atoms with van der Waals surface area (Å²) in [4.78, 5) is 39.8.